The van der Waals surface area contributed by atoms with Gasteiger partial charge in [-0.05, 0) is 31.2 Å². The molecule has 5 heteroatoms. The van der Waals surface area contributed by atoms with Gasteiger partial charge in [0.05, 0.1) is 5.69 Å². The number of aliphatic hydroxyl groups excluding tert-OH is 1. The van der Waals surface area contributed by atoms with Crippen LogP contribution < -0.4 is 0 Å². The van der Waals surface area contributed by atoms with Gasteiger partial charge in [0.1, 0.15) is 5.76 Å². The van der Waals surface area contributed by atoms with Crippen LogP contribution in [0.1, 0.15) is 13.8 Å². The molecule has 0 aliphatic heterocycles. The van der Waals surface area contributed by atoms with Crippen LogP contribution in [0.4, 0.5) is 5.69 Å². The Morgan fingerprint density at radius 3 is 2.25 bits per heavy atom. The maximum Gasteiger partial charge on any atom is 0.183 e. The third-order valence-corrected chi connectivity index (χ3v) is 2.30. The Balaban J connectivity index is 2.92. The number of nitrogens with zero attached hydrogens (tertiary/aromatic N) is 2. The number of allylic oxidation sites excluding steroid dienone is 2. The van der Waals surface area contributed by atoms with Gasteiger partial charge in [0.25, 0.3) is 0 Å². The summed E-state index contributed by atoms with van der Waals surface area (Å²) in [7, 11) is 0. The Kier molecular flexibility index (Phi) is 4.37. The molecule has 1 aromatic carbocycles. The van der Waals surface area contributed by atoms with Crippen LogP contribution in [-0.2, 0) is 4.79 Å². The van der Waals surface area contributed by atoms with Crippen molar-refractivity contribution in [3.63, 3.8) is 0 Å². The number of hydrogen-bond donors (Lipinski definition) is 1. The molecule has 0 aliphatic rings. The molecule has 84 valence electrons. The fourth-order valence-corrected chi connectivity index (χ4v) is 1.28. The van der Waals surface area contributed by atoms with Crippen molar-refractivity contribution < 1.29 is 9.90 Å². The van der Waals surface area contributed by atoms with Crippen molar-refractivity contribution in [2.45, 2.75) is 13.8 Å². The van der Waals surface area contributed by atoms with Crippen molar-refractivity contribution >= 4 is 27.4 Å². The zero-order valence-corrected chi connectivity index (χ0v) is 10.5. The van der Waals surface area contributed by atoms with Crippen molar-refractivity contribution in [3.05, 3.63) is 40.2 Å². The van der Waals surface area contributed by atoms with Crippen molar-refractivity contribution in [1.82, 2.24) is 0 Å². The van der Waals surface area contributed by atoms with E-state index in [2.05, 4.69) is 26.2 Å². The van der Waals surface area contributed by atoms with Gasteiger partial charge in [0, 0.05) is 11.4 Å². The predicted octanol–water partition coefficient (Wildman–Crippen LogP) is 3.91. The van der Waals surface area contributed by atoms with Gasteiger partial charge in [-0.25, -0.2) is 0 Å². The van der Waals surface area contributed by atoms with Gasteiger partial charge in [-0.1, -0.05) is 15.9 Å². The topological polar surface area (TPSA) is 62.0 Å². The summed E-state index contributed by atoms with van der Waals surface area (Å²) in [5.41, 5.74) is 0.589. The molecule has 1 rings (SSSR count). The molecule has 1 N–H and O–H groups in total. The number of Topliss-reactive ketones (excluding diaryl/α,β-unsaturated/α-hetero) is 1. The Morgan fingerprint density at radius 1 is 1.25 bits per heavy atom. The van der Waals surface area contributed by atoms with Gasteiger partial charge in [-0.2, -0.15) is 5.11 Å². The number of carbonyl (C=O) groups excluding carboxylic acids is 1. The summed E-state index contributed by atoms with van der Waals surface area (Å²) in [6.07, 6.45) is 0. The van der Waals surface area contributed by atoms with Crippen LogP contribution in [0.3, 0.4) is 0 Å². The molecule has 0 fully saturated rings. The van der Waals surface area contributed by atoms with E-state index in [0.29, 0.717) is 5.69 Å². The largest absolute Gasteiger partial charge is 0.510 e. The number of azo groups is 1. The molecule has 0 saturated heterocycles. The molecule has 0 bridgehead atoms. The maximum absolute atomic E-state index is 11.1. The Hall–Kier alpha value is -1.49. The lowest BCUT2D eigenvalue weighted by atomic mass is 10.3. The minimum Gasteiger partial charge on any atom is -0.510 e. The molecule has 0 saturated carbocycles. The normalized spacial score (nSPS) is 12.7. The summed E-state index contributed by atoms with van der Waals surface area (Å²) in [6.45, 7) is 2.73. The van der Waals surface area contributed by atoms with E-state index in [0.717, 1.165) is 4.47 Å². The van der Waals surface area contributed by atoms with E-state index in [1.54, 1.807) is 12.1 Å². The number of rotatable bonds is 3. The van der Waals surface area contributed by atoms with E-state index in [4.69, 9.17) is 0 Å². The average molecular weight is 283 g/mol. The fraction of sp³-hybridized carbons (Fsp3) is 0.182. The lowest BCUT2D eigenvalue weighted by molar-refractivity contribution is -0.113. The van der Waals surface area contributed by atoms with Crippen molar-refractivity contribution in [2.24, 2.45) is 10.2 Å². The minimum absolute atomic E-state index is 0.0251. The first-order valence-electron chi connectivity index (χ1n) is 4.59. The monoisotopic (exact) mass is 282 g/mol. The highest BCUT2D eigenvalue weighted by Gasteiger charge is 2.06. The fourth-order valence-electron chi connectivity index (χ4n) is 1.01. The lowest BCUT2D eigenvalue weighted by Gasteiger charge is -1.96. The van der Waals surface area contributed by atoms with Crippen LogP contribution >= 0.6 is 15.9 Å². The molecule has 0 heterocycles. The molecular formula is C11H11BrN2O2. The third-order valence-electron chi connectivity index (χ3n) is 1.77. The van der Waals surface area contributed by atoms with Gasteiger partial charge >= 0.3 is 0 Å². The van der Waals surface area contributed by atoms with Crippen LogP contribution in [0.5, 0.6) is 0 Å². The van der Waals surface area contributed by atoms with Crippen LogP contribution in [0, 0.1) is 0 Å². The molecule has 0 unspecified atom stereocenters. The molecule has 4 nitrogen and oxygen atoms in total. The number of carbonyl (C=O) groups is 1. The molecule has 16 heavy (non-hydrogen) atoms. The number of benzene rings is 1. The lowest BCUT2D eigenvalue weighted by Crippen LogP contribution is -1.96. The van der Waals surface area contributed by atoms with Crippen molar-refractivity contribution in [2.75, 3.05) is 0 Å². The van der Waals surface area contributed by atoms with Gasteiger partial charge in [0.15, 0.2) is 11.5 Å². The molecule has 1 aromatic rings. The Morgan fingerprint density at radius 2 is 1.81 bits per heavy atom. The number of ketones is 1. The maximum atomic E-state index is 11.1. The van der Waals surface area contributed by atoms with Crippen LogP contribution in [-0.4, -0.2) is 10.9 Å². The van der Waals surface area contributed by atoms with Crippen molar-refractivity contribution in [3.8, 4) is 0 Å². The Labute approximate surface area is 102 Å². The molecule has 0 spiro atoms. The van der Waals surface area contributed by atoms with Gasteiger partial charge < -0.3 is 5.11 Å². The summed E-state index contributed by atoms with van der Waals surface area (Å²) in [6, 6.07) is 7.13. The average Bonchev–Trinajstić information content (AvgIpc) is 2.20. The second-order valence-corrected chi connectivity index (χ2v) is 4.08. The highest BCUT2D eigenvalue weighted by atomic mass is 79.9. The Bertz CT molecular complexity index is 446. The quantitative estimate of drug-likeness (QED) is 0.519. The zero-order chi connectivity index (χ0) is 12.1. The SMILES string of the molecule is CC(=O)C(N=Nc1ccc(Br)cc1)=C(C)O. The minimum atomic E-state index is -0.319. The van der Waals surface area contributed by atoms with Gasteiger partial charge in [-0.15, -0.1) is 5.11 Å². The number of aliphatic hydroxyl groups is 1. The number of halogens is 1. The van der Waals surface area contributed by atoms with E-state index in [1.165, 1.54) is 13.8 Å². The van der Waals surface area contributed by atoms with Gasteiger partial charge in [0.2, 0.25) is 0 Å². The standard InChI is InChI=1S/C11H11BrN2O2/c1-7(15)11(8(2)16)14-13-10-5-3-9(12)4-6-10/h3-6,15H,1-2H3. The molecular weight excluding hydrogens is 272 g/mol. The molecule has 0 radical (unpaired) electrons. The summed E-state index contributed by atoms with van der Waals surface area (Å²) >= 11 is 3.30. The van der Waals surface area contributed by atoms with E-state index >= 15 is 0 Å². The van der Waals surface area contributed by atoms with E-state index in [9.17, 15) is 9.90 Å². The van der Waals surface area contributed by atoms with E-state index < -0.39 is 0 Å². The van der Waals surface area contributed by atoms with E-state index in [-0.39, 0.29) is 17.2 Å². The molecule has 0 atom stereocenters. The van der Waals surface area contributed by atoms with Crippen LogP contribution in [0.25, 0.3) is 0 Å². The van der Waals surface area contributed by atoms with Crippen LogP contribution in [0.2, 0.25) is 0 Å². The summed E-state index contributed by atoms with van der Waals surface area (Å²) < 4.78 is 0.937. The molecule has 0 aliphatic carbocycles. The summed E-state index contributed by atoms with van der Waals surface area (Å²) in [5.74, 6) is -0.450. The molecule has 0 aromatic heterocycles. The first kappa shape index (κ1) is 12.6. The zero-order valence-electron chi connectivity index (χ0n) is 8.94. The first-order valence-corrected chi connectivity index (χ1v) is 5.38. The van der Waals surface area contributed by atoms with Crippen molar-refractivity contribution in [1.29, 1.82) is 0 Å². The van der Waals surface area contributed by atoms with Crippen LogP contribution in [0.15, 0.2) is 50.4 Å². The second kappa shape index (κ2) is 5.55. The highest BCUT2D eigenvalue weighted by Crippen LogP contribution is 2.18. The smallest absolute Gasteiger partial charge is 0.183 e. The second-order valence-electron chi connectivity index (χ2n) is 3.17. The summed E-state index contributed by atoms with van der Waals surface area (Å²) in [4.78, 5) is 11.1. The number of hydrogen-bond acceptors (Lipinski definition) is 4. The third kappa shape index (κ3) is 3.58. The highest BCUT2D eigenvalue weighted by molar-refractivity contribution is 9.10. The first-order chi connectivity index (χ1) is 7.50. The van der Waals surface area contributed by atoms with Gasteiger partial charge in [-0.3, -0.25) is 4.79 Å². The van der Waals surface area contributed by atoms with E-state index in [1.807, 2.05) is 12.1 Å². The molecule has 0 amide bonds. The summed E-state index contributed by atoms with van der Waals surface area (Å²) in [5, 5.41) is 16.8. The predicted molar refractivity (Wildman–Crippen MR) is 64.7 cm³/mol.